The predicted octanol–water partition coefficient (Wildman–Crippen LogP) is -0.419. The summed E-state index contributed by atoms with van der Waals surface area (Å²) in [6.07, 6.45) is 0.880. The van der Waals surface area contributed by atoms with Gasteiger partial charge in [0, 0.05) is 12.3 Å². The number of anilines is 1. The van der Waals surface area contributed by atoms with Crippen molar-refractivity contribution < 1.29 is 29.3 Å². The maximum absolute atomic E-state index is 10.7. The maximum Gasteiger partial charge on any atom is 0.350 e. The summed E-state index contributed by atoms with van der Waals surface area (Å²) in [5, 5.41) is 19.7. The van der Waals surface area contributed by atoms with Crippen molar-refractivity contribution in [3.8, 4) is 0 Å². The molecule has 128 valence electrons. The quantitative estimate of drug-likeness (QED) is 0.315. The second kappa shape index (κ2) is 7.35. The van der Waals surface area contributed by atoms with Gasteiger partial charge >= 0.3 is 7.60 Å². The normalized spacial score (nSPS) is 13.6. The topological polar surface area (TPSA) is 164 Å². The summed E-state index contributed by atoms with van der Waals surface area (Å²) in [5.41, 5.74) is 6.75. The van der Waals surface area contributed by atoms with Crippen LogP contribution in [0.3, 0.4) is 0 Å². The van der Waals surface area contributed by atoms with E-state index in [-0.39, 0.29) is 32.1 Å². The molecule has 2 heterocycles. The van der Waals surface area contributed by atoms with Gasteiger partial charge in [-0.2, -0.15) is 0 Å². The number of hydrogen-bond donors (Lipinski definition) is 5. The zero-order chi connectivity index (χ0) is 17.0. The fourth-order valence-electron chi connectivity index (χ4n) is 2.34. The monoisotopic (exact) mass is 346 g/mol. The third-order valence-corrected chi connectivity index (χ3v) is 3.85. The molecule has 0 amide bonds. The molecule has 0 saturated heterocycles. The second-order valence-corrected chi connectivity index (χ2v) is 6.57. The molecule has 2 aromatic heterocycles. The van der Waals surface area contributed by atoms with Gasteiger partial charge in [-0.15, -0.1) is 0 Å². The van der Waals surface area contributed by atoms with Crippen LogP contribution in [0.25, 0.3) is 11.0 Å². The van der Waals surface area contributed by atoms with Crippen molar-refractivity contribution in [3.05, 3.63) is 18.1 Å². The SMILES string of the molecule is Nc1ncnc2c1cc(CO)n2C(CO)CCOCP(=O)(O)O. The molecule has 1 unspecified atom stereocenters. The molecule has 0 spiro atoms. The highest BCUT2D eigenvalue weighted by Gasteiger charge is 2.20. The van der Waals surface area contributed by atoms with Gasteiger partial charge in [0.05, 0.1) is 24.6 Å². The van der Waals surface area contributed by atoms with Crippen molar-refractivity contribution in [2.24, 2.45) is 0 Å². The minimum absolute atomic E-state index is 0.0292. The van der Waals surface area contributed by atoms with Gasteiger partial charge in [0.2, 0.25) is 0 Å². The molecule has 0 bridgehead atoms. The highest BCUT2D eigenvalue weighted by molar-refractivity contribution is 7.51. The van der Waals surface area contributed by atoms with Gasteiger partial charge in [0.1, 0.15) is 24.1 Å². The average Bonchev–Trinajstić information content (AvgIpc) is 2.86. The first-order chi connectivity index (χ1) is 10.9. The van der Waals surface area contributed by atoms with Gasteiger partial charge in [0.25, 0.3) is 0 Å². The van der Waals surface area contributed by atoms with Crippen molar-refractivity contribution in [3.63, 3.8) is 0 Å². The summed E-state index contributed by atoms with van der Waals surface area (Å²) in [6.45, 7) is -0.517. The third kappa shape index (κ3) is 4.25. The Balaban J connectivity index is 2.22. The summed E-state index contributed by atoms with van der Waals surface area (Å²) in [4.78, 5) is 25.5. The molecule has 10 nitrogen and oxygen atoms in total. The molecule has 0 aliphatic rings. The van der Waals surface area contributed by atoms with E-state index in [9.17, 15) is 14.8 Å². The summed E-state index contributed by atoms with van der Waals surface area (Å²) in [7, 11) is -4.22. The Bertz CT molecular complexity index is 715. The Morgan fingerprint density at radius 3 is 2.70 bits per heavy atom. The molecule has 0 saturated carbocycles. The van der Waals surface area contributed by atoms with Crippen LogP contribution in [0.5, 0.6) is 0 Å². The first-order valence-corrected chi connectivity index (χ1v) is 8.61. The van der Waals surface area contributed by atoms with E-state index in [1.165, 1.54) is 6.33 Å². The number of rotatable bonds is 8. The lowest BCUT2D eigenvalue weighted by Gasteiger charge is -2.20. The van der Waals surface area contributed by atoms with Crippen LogP contribution in [-0.4, -0.2) is 54.1 Å². The number of aliphatic hydroxyl groups is 2. The Hall–Kier alpha value is -1.55. The molecule has 2 rings (SSSR count). The van der Waals surface area contributed by atoms with E-state index in [2.05, 4.69) is 9.97 Å². The van der Waals surface area contributed by atoms with Gasteiger partial charge in [-0.25, -0.2) is 9.97 Å². The largest absolute Gasteiger partial charge is 0.394 e. The van der Waals surface area contributed by atoms with Crippen molar-refractivity contribution in [1.29, 1.82) is 0 Å². The zero-order valence-corrected chi connectivity index (χ0v) is 13.1. The van der Waals surface area contributed by atoms with Gasteiger partial charge in [0.15, 0.2) is 0 Å². The van der Waals surface area contributed by atoms with E-state index in [4.69, 9.17) is 20.3 Å². The third-order valence-electron chi connectivity index (χ3n) is 3.34. The summed E-state index contributed by atoms with van der Waals surface area (Å²) in [5.74, 6) is 0.262. The van der Waals surface area contributed by atoms with Crippen LogP contribution in [-0.2, 0) is 15.9 Å². The molecular formula is C12H19N4O6P. The van der Waals surface area contributed by atoms with E-state index < -0.39 is 20.0 Å². The van der Waals surface area contributed by atoms with Crippen molar-refractivity contribution >= 4 is 24.4 Å². The smallest absolute Gasteiger partial charge is 0.350 e. The van der Waals surface area contributed by atoms with Crippen LogP contribution in [0.1, 0.15) is 18.2 Å². The van der Waals surface area contributed by atoms with Crippen molar-refractivity contribution in [1.82, 2.24) is 14.5 Å². The second-order valence-electron chi connectivity index (χ2n) is 4.99. The molecule has 23 heavy (non-hydrogen) atoms. The molecule has 0 fully saturated rings. The van der Waals surface area contributed by atoms with Crippen molar-refractivity contribution in [2.45, 2.75) is 19.1 Å². The number of nitrogens with two attached hydrogens (primary N) is 1. The van der Waals surface area contributed by atoms with Crippen LogP contribution < -0.4 is 5.73 Å². The average molecular weight is 346 g/mol. The fraction of sp³-hybridized carbons (Fsp3) is 0.500. The first-order valence-electron chi connectivity index (χ1n) is 6.81. The molecule has 0 aliphatic carbocycles. The Kier molecular flexibility index (Phi) is 5.69. The molecular weight excluding hydrogens is 327 g/mol. The lowest BCUT2D eigenvalue weighted by Crippen LogP contribution is -2.18. The lowest BCUT2D eigenvalue weighted by molar-refractivity contribution is 0.125. The molecule has 0 aliphatic heterocycles. The minimum atomic E-state index is -4.22. The number of aliphatic hydroxyl groups excluding tert-OH is 2. The Morgan fingerprint density at radius 2 is 2.09 bits per heavy atom. The number of fused-ring (bicyclic) bond motifs is 1. The predicted molar refractivity (Wildman–Crippen MR) is 81.5 cm³/mol. The summed E-state index contributed by atoms with van der Waals surface area (Å²) < 4.78 is 17.3. The maximum atomic E-state index is 10.7. The molecule has 0 aromatic carbocycles. The number of ether oxygens (including phenoxy) is 1. The van der Waals surface area contributed by atoms with Gasteiger partial charge < -0.3 is 35.0 Å². The molecule has 1 atom stereocenters. The lowest BCUT2D eigenvalue weighted by atomic mass is 10.2. The minimum Gasteiger partial charge on any atom is -0.394 e. The van der Waals surface area contributed by atoms with Gasteiger partial charge in [-0.1, -0.05) is 0 Å². The Morgan fingerprint density at radius 1 is 1.35 bits per heavy atom. The highest BCUT2D eigenvalue weighted by atomic mass is 31.2. The number of hydrogen-bond acceptors (Lipinski definition) is 7. The van der Waals surface area contributed by atoms with Crippen LogP contribution in [0.2, 0.25) is 0 Å². The van der Waals surface area contributed by atoms with Crippen LogP contribution in [0, 0.1) is 0 Å². The number of nitrogens with zero attached hydrogens (tertiary/aromatic N) is 3. The molecule has 0 radical (unpaired) electrons. The first kappa shape index (κ1) is 17.8. The van der Waals surface area contributed by atoms with E-state index >= 15 is 0 Å². The zero-order valence-electron chi connectivity index (χ0n) is 12.2. The van der Waals surface area contributed by atoms with Crippen LogP contribution >= 0.6 is 7.60 Å². The fourth-order valence-corrected chi connectivity index (χ4v) is 2.70. The molecule has 11 heteroatoms. The van der Waals surface area contributed by atoms with E-state index in [1.54, 1.807) is 10.6 Å². The van der Waals surface area contributed by atoms with Gasteiger partial charge in [-0.3, -0.25) is 4.57 Å². The number of aromatic nitrogens is 3. The summed E-state index contributed by atoms with van der Waals surface area (Å²) in [6, 6.07) is 1.16. The summed E-state index contributed by atoms with van der Waals surface area (Å²) >= 11 is 0. The standard InChI is InChI=1S/C12H19N4O6P/c13-11-10-3-9(5-18)16(12(10)15-6-14-11)8(4-17)1-2-22-7-23(19,20)21/h3,6,8,17-18H,1-2,4-5,7H2,(H2,13,14,15)(H2,19,20,21). The van der Waals surface area contributed by atoms with E-state index in [0.717, 1.165) is 0 Å². The van der Waals surface area contributed by atoms with Crippen LogP contribution in [0.15, 0.2) is 12.4 Å². The van der Waals surface area contributed by atoms with E-state index in [0.29, 0.717) is 16.7 Å². The molecule has 2 aromatic rings. The molecule has 6 N–H and O–H groups in total. The highest BCUT2D eigenvalue weighted by Crippen LogP contribution is 2.34. The Labute approximate surface area is 131 Å². The van der Waals surface area contributed by atoms with Crippen LogP contribution in [0.4, 0.5) is 5.82 Å². The van der Waals surface area contributed by atoms with E-state index in [1.807, 2.05) is 0 Å². The van der Waals surface area contributed by atoms with Gasteiger partial charge in [-0.05, 0) is 12.5 Å². The number of nitrogen functional groups attached to an aromatic ring is 1. The van der Waals surface area contributed by atoms with Crippen molar-refractivity contribution in [2.75, 3.05) is 25.3 Å².